The molecule has 19 heavy (non-hydrogen) atoms. The van der Waals surface area contributed by atoms with Crippen molar-refractivity contribution in [2.45, 2.75) is 19.0 Å². The predicted molar refractivity (Wildman–Crippen MR) is 71.8 cm³/mol. The molecule has 0 saturated carbocycles. The number of rotatable bonds is 2. The molecule has 1 aromatic carbocycles. The molecule has 1 aliphatic rings. The first-order valence-corrected chi connectivity index (χ1v) is 6.47. The zero-order valence-corrected chi connectivity index (χ0v) is 11.2. The lowest BCUT2D eigenvalue weighted by molar-refractivity contribution is -0.179. The Kier molecular flexibility index (Phi) is 3.92. The minimum atomic E-state index is -4.04. The molecule has 0 spiro atoms. The number of benzene rings is 1. The Morgan fingerprint density at radius 3 is 2.00 bits per heavy atom. The second kappa shape index (κ2) is 5.31. The molecule has 0 atom stereocenters. The maximum Gasteiger partial charge on any atom is 0.391 e. The fourth-order valence-corrected chi connectivity index (χ4v) is 2.43. The Labute approximate surface area is 111 Å². The summed E-state index contributed by atoms with van der Waals surface area (Å²) in [6, 6.07) is 7.93. The minimum absolute atomic E-state index is 0.193. The normalized spacial score (nSPS) is 17.6. The molecule has 1 saturated heterocycles. The highest BCUT2D eigenvalue weighted by atomic mass is 19.4. The van der Waals surface area contributed by atoms with Crippen LogP contribution in [0.3, 0.4) is 0 Å². The Balaban J connectivity index is 1.98. The Hall–Kier alpha value is -1.39. The van der Waals surface area contributed by atoms with E-state index in [-0.39, 0.29) is 12.8 Å². The van der Waals surface area contributed by atoms with Gasteiger partial charge in [-0.05, 0) is 37.1 Å². The van der Waals surface area contributed by atoms with Crippen LogP contribution < -0.4 is 9.80 Å². The van der Waals surface area contributed by atoms with Crippen LogP contribution in [0.15, 0.2) is 24.3 Å². The summed E-state index contributed by atoms with van der Waals surface area (Å²) in [5, 5.41) is 0. The largest absolute Gasteiger partial charge is 0.391 e. The van der Waals surface area contributed by atoms with E-state index in [1.165, 1.54) is 0 Å². The van der Waals surface area contributed by atoms with E-state index in [1.807, 2.05) is 48.2 Å². The number of alkyl halides is 3. The second-order valence-corrected chi connectivity index (χ2v) is 5.21. The highest BCUT2D eigenvalue weighted by Gasteiger charge is 2.41. The maximum absolute atomic E-state index is 12.6. The number of halogens is 3. The molecule has 0 N–H and O–H groups in total. The van der Waals surface area contributed by atoms with E-state index in [0.717, 1.165) is 11.4 Å². The molecule has 0 aliphatic carbocycles. The lowest BCUT2D eigenvalue weighted by atomic mass is 9.96. The van der Waals surface area contributed by atoms with Crippen molar-refractivity contribution < 1.29 is 13.2 Å². The molecule has 5 heteroatoms. The quantitative estimate of drug-likeness (QED) is 0.812. The van der Waals surface area contributed by atoms with Gasteiger partial charge in [-0.3, -0.25) is 0 Å². The van der Waals surface area contributed by atoms with Crippen molar-refractivity contribution in [1.82, 2.24) is 0 Å². The Bertz CT molecular complexity index is 404. The number of nitrogens with zero attached hydrogens (tertiary/aromatic N) is 2. The van der Waals surface area contributed by atoms with E-state index in [1.54, 1.807) is 0 Å². The second-order valence-electron chi connectivity index (χ2n) is 5.21. The van der Waals surface area contributed by atoms with Gasteiger partial charge < -0.3 is 9.80 Å². The summed E-state index contributed by atoms with van der Waals surface area (Å²) in [4.78, 5) is 4.03. The third-order valence-electron chi connectivity index (χ3n) is 3.69. The van der Waals surface area contributed by atoms with Gasteiger partial charge in [-0.2, -0.15) is 13.2 Å². The van der Waals surface area contributed by atoms with Crippen molar-refractivity contribution in [2.75, 3.05) is 37.0 Å². The Morgan fingerprint density at radius 2 is 1.58 bits per heavy atom. The maximum atomic E-state index is 12.6. The van der Waals surface area contributed by atoms with Gasteiger partial charge in [0.15, 0.2) is 0 Å². The van der Waals surface area contributed by atoms with Gasteiger partial charge in [0.05, 0.1) is 5.92 Å². The first kappa shape index (κ1) is 14.0. The SMILES string of the molecule is CN(C)c1ccc(N2CCC(C(F)(F)F)CC2)cc1. The molecular weight excluding hydrogens is 253 g/mol. The zero-order chi connectivity index (χ0) is 14.0. The summed E-state index contributed by atoms with van der Waals surface area (Å²) in [6.07, 6.45) is -3.65. The number of hydrogen-bond donors (Lipinski definition) is 0. The molecule has 1 heterocycles. The molecule has 2 rings (SSSR count). The smallest absolute Gasteiger partial charge is 0.378 e. The van der Waals surface area contributed by atoms with Crippen LogP contribution in [0.25, 0.3) is 0 Å². The van der Waals surface area contributed by atoms with Gasteiger partial charge in [0.1, 0.15) is 0 Å². The number of hydrogen-bond acceptors (Lipinski definition) is 2. The van der Waals surface area contributed by atoms with Crippen LogP contribution in [0.2, 0.25) is 0 Å². The van der Waals surface area contributed by atoms with E-state index in [2.05, 4.69) is 0 Å². The molecule has 0 bridgehead atoms. The average Bonchev–Trinajstić information content (AvgIpc) is 2.38. The fourth-order valence-electron chi connectivity index (χ4n) is 2.43. The molecule has 0 aromatic heterocycles. The monoisotopic (exact) mass is 272 g/mol. The third-order valence-corrected chi connectivity index (χ3v) is 3.69. The van der Waals surface area contributed by atoms with Crippen molar-refractivity contribution >= 4 is 11.4 Å². The summed E-state index contributed by atoms with van der Waals surface area (Å²) >= 11 is 0. The van der Waals surface area contributed by atoms with Crippen molar-refractivity contribution in [1.29, 1.82) is 0 Å². The Morgan fingerprint density at radius 1 is 1.05 bits per heavy atom. The van der Waals surface area contributed by atoms with Gasteiger partial charge in [0, 0.05) is 38.6 Å². The van der Waals surface area contributed by atoms with Crippen molar-refractivity contribution in [2.24, 2.45) is 5.92 Å². The highest BCUT2D eigenvalue weighted by Crippen LogP contribution is 2.35. The van der Waals surface area contributed by atoms with Crippen molar-refractivity contribution in [3.05, 3.63) is 24.3 Å². The van der Waals surface area contributed by atoms with Gasteiger partial charge >= 0.3 is 6.18 Å². The van der Waals surface area contributed by atoms with Gasteiger partial charge in [-0.25, -0.2) is 0 Å². The number of anilines is 2. The zero-order valence-electron chi connectivity index (χ0n) is 11.2. The summed E-state index contributed by atoms with van der Waals surface area (Å²) in [7, 11) is 3.92. The summed E-state index contributed by atoms with van der Waals surface area (Å²) in [6.45, 7) is 0.955. The van der Waals surface area contributed by atoms with Crippen LogP contribution >= 0.6 is 0 Å². The summed E-state index contributed by atoms with van der Waals surface area (Å²) in [5.74, 6) is -1.13. The van der Waals surface area contributed by atoms with Crippen LogP contribution in [0.5, 0.6) is 0 Å². The molecule has 0 unspecified atom stereocenters. The van der Waals surface area contributed by atoms with Crippen LogP contribution in [0.1, 0.15) is 12.8 Å². The van der Waals surface area contributed by atoms with Crippen LogP contribution in [0.4, 0.5) is 24.5 Å². The van der Waals surface area contributed by atoms with Crippen molar-refractivity contribution in [3.8, 4) is 0 Å². The summed E-state index contributed by atoms with van der Waals surface area (Å²) in [5.41, 5.74) is 2.10. The van der Waals surface area contributed by atoms with Crippen LogP contribution in [0, 0.1) is 5.92 Å². The molecule has 0 amide bonds. The first-order valence-electron chi connectivity index (χ1n) is 6.47. The van der Waals surface area contributed by atoms with Crippen molar-refractivity contribution in [3.63, 3.8) is 0 Å². The first-order chi connectivity index (χ1) is 8.88. The predicted octanol–water partition coefficient (Wildman–Crippen LogP) is 3.53. The highest BCUT2D eigenvalue weighted by molar-refractivity contribution is 5.55. The van der Waals surface area contributed by atoms with Crippen LogP contribution in [-0.2, 0) is 0 Å². The van der Waals surface area contributed by atoms with E-state index in [9.17, 15) is 13.2 Å². The van der Waals surface area contributed by atoms with E-state index < -0.39 is 12.1 Å². The third kappa shape index (κ3) is 3.33. The summed E-state index contributed by atoms with van der Waals surface area (Å²) < 4.78 is 37.8. The van der Waals surface area contributed by atoms with Gasteiger partial charge in [-0.15, -0.1) is 0 Å². The minimum Gasteiger partial charge on any atom is -0.378 e. The molecule has 1 fully saturated rings. The molecular formula is C14H19F3N2. The molecule has 2 nitrogen and oxygen atoms in total. The fraction of sp³-hybridized carbons (Fsp3) is 0.571. The van der Waals surface area contributed by atoms with Crippen LogP contribution in [-0.4, -0.2) is 33.4 Å². The van der Waals surface area contributed by atoms with E-state index >= 15 is 0 Å². The van der Waals surface area contributed by atoms with E-state index in [0.29, 0.717) is 13.1 Å². The number of piperidine rings is 1. The topological polar surface area (TPSA) is 6.48 Å². The molecule has 1 aliphatic heterocycles. The van der Waals surface area contributed by atoms with Gasteiger partial charge in [0.2, 0.25) is 0 Å². The van der Waals surface area contributed by atoms with Gasteiger partial charge in [0.25, 0.3) is 0 Å². The average molecular weight is 272 g/mol. The van der Waals surface area contributed by atoms with Gasteiger partial charge in [-0.1, -0.05) is 0 Å². The van der Waals surface area contributed by atoms with E-state index in [4.69, 9.17) is 0 Å². The molecule has 0 radical (unpaired) electrons. The molecule has 106 valence electrons. The lowest BCUT2D eigenvalue weighted by Gasteiger charge is -2.34. The lowest BCUT2D eigenvalue weighted by Crippen LogP contribution is -2.38. The molecule has 1 aromatic rings. The standard InChI is InChI=1S/C14H19F3N2/c1-18(2)12-3-5-13(6-4-12)19-9-7-11(8-10-19)14(15,16)17/h3-6,11H,7-10H2,1-2H3.